The Balaban J connectivity index is 2.10. The Kier molecular flexibility index (Phi) is 5.61. The van der Waals surface area contributed by atoms with Crippen LogP contribution in [0.4, 0.5) is 5.69 Å². The third-order valence-corrected chi connectivity index (χ3v) is 3.25. The summed E-state index contributed by atoms with van der Waals surface area (Å²) in [6, 6.07) is 14.6. The Morgan fingerprint density at radius 2 is 2.05 bits per heavy atom. The number of halogens is 2. The standard InChI is InChI=1S/C15H11BrClN3O/c16-12-1-6-15(21-8-7-18)11(9-12)10-19-20-14-4-2-13(17)3-5-14/h1-6,9-10,20H,8H2/b19-10+. The van der Waals surface area contributed by atoms with Crippen LogP contribution in [0.25, 0.3) is 0 Å². The zero-order valence-electron chi connectivity index (χ0n) is 10.9. The van der Waals surface area contributed by atoms with E-state index in [4.69, 9.17) is 21.6 Å². The summed E-state index contributed by atoms with van der Waals surface area (Å²) < 4.78 is 6.24. The molecule has 0 atom stereocenters. The highest BCUT2D eigenvalue weighted by Gasteiger charge is 2.02. The van der Waals surface area contributed by atoms with Crippen molar-refractivity contribution in [1.82, 2.24) is 0 Å². The molecule has 0 aliphatic carbocycles. The Hall–Kier alpha value is -2.03. The van der Waals surface area contributed by atoms with Gasteiger partial charge in [-0.1, -0.05) is 27.5 Å². The van der Waals surface area contributed by atoms with Crippen molar-refractivity contribution in [3.8, 4) is 11.8 Å². The van der Waals surface area contributed by atoms with E-state index >= 15 is 0 Å². The Bertz CT molecular complexity index is 680. The van der Waals surface area contributed by atoms with Gasteiger partial charge in [0.1, 0.15) is 11.8 Å². The molecule has 2 rings (SSSR count). The van der Waals surface area contributed by atoms with Crippen molar-refractivity contribution < 1.29 is 4.74 Å². The average molecular weight is 365 g/mol. The average Bonchev–Trinajstić information content (AvgIpc) is 2.48. The van der Waals surface area contributed by atoms with Crippen LogP contribution in [0.3, 0.4) is 0 Å². The highest BCUT2D eigenvalue weighted by molar-refractivity contribution is 9.10. The summed E-state index contributed by atoms with van der Waals surface area (Å²) in [6.45, 7) is -0.00686. The van der Waals surface area contributed by atoms with Gasteiger partial charge in [0.25, 0.3) is 0 Å². The van der Waals surface area contributed by atoms with Gasteiger partial charge in [0.05, 0.1) is 11.9 Å². The smallest absolute Gasteiger partial charge is 0.174 e. The molecule has 0 bridgehead atoms. The van der Waals surface area contributed by atoms with Gasteiger partial charge in [-0.3, -0.25) is 5.43 Å². The summed E-state index contributed by atoms with van der Waals surface area (Å²) in [5.41, 5.74) is 4.49. The topological polar surface area (TPSA) is 57.4 Å². The van der Waals surface area contributed by atoms with E-state index in [1.807, 2.05) is 30.3 Å². The van der Waals surface area contributed by atoms with Gasteiger partial charge in [-0.2, -0.15) is 10.4 Å². The quantitative estimate of drug-likeness (QED) is 0.630. The van der Waals surface area contributed by atoms with Crippen LogP contribution in [0.15, 0.2) is 52.0 Å². The first-order valence-corrected chi connectivity index (χ1v) is 7.20. The molecule has 0 saturated carbocycles. The molecule has 0 aliphatic rings. The molecule has 0 spiro atoms. The van der Waals surface area contributed by atoms with E-state index in [-0.39, 0.29) is 6.61 Å². The van der Waals surface area contributed by atoms with Crippen LogP contribution in [0, 0.1) is 11.3 Å². The Labute approximate surface area is 136 Å². The lowest BCUT2D eigenvalue weighted by atomic mass is 10.2. The molecular formula is C15H11BrClN3O. The Morgan fingerprint density at radius 3 is 2.76 bits per heavy atom. The minimum Gasteiger partial charge on any atom is -0.478 e. The van der Waals surface area contributed by atoms with Gasteiger partial charge >= 0.3 is 0 Å². The largest absolute Gasteiger partial charge is 0.478 e. The van der Waals surface area contributed by atoms with Crippen molar-refractivity contribution in [1.29, 1.82) is 5.26 Å². The number of nitrogens with one attached hydrogen (secondary N) is 1. The lowest BCUT2D eigenvalue weighted by molar-refractivity contribution is 0.367. The SMILES string of the molecule is N#CCOc1ccc(Br)cc1/C=N/Nc1ccc(Cl)cc1. The molecule has 6 heteroatoms. The minimum absolute atomic E-state index is 0.00686. The number of rotatable bonds is 5. The fourth-order valence-corrected chi connectivity index (χ4v) is 2.07. The summed E-state index contributed by atoms with van der Waals surface area (Å²) in [4.78, 5) is 0. The minimum atomic E-state index is -0.00686. The van der Waals surface area contributed by atoms with Crippen LogP contribution in [0.1, 0.15) is 5.56 Å². The summed E-state index contributed by atoms with van der Waals surface area (Å²) in [7, 11) is 0. The van der Waals surface area contributed by atoms with Gasteiger partial charge in [-0.25, -0.2) is 0 Å². The molecule has 2 aromatic carbocycles. The third-order valence-electron chi connectivity index (χ3n) is 2.51. The molecule has 106 valence electrons. The maximum Gasteiger partial charge on any atom is 0.174 e. The third kappa shape index (κ3) is 4.78. The number of benzene rings is 2. The number of hydrogen-bond acceptors (Lipinski definition) is 4. The first-order chi connectivity index (χ1) is 10.2. The number of nitrogens with zero attached hydrogens (tertiary/aromatic N) is 2. The Morgan fingerprint density at radius 1 is 1.29 bits per heavy atom. The second kappa shape index (κ2) is 7.67. The van der Waals surface area contributed by atoms with Crippen molar-refractivity contribution >= 4 is 39.4 Å². The first kappa shape index (κ1) is 15.4. The van der Waals surface area contributed by atoms with Crippen molar-refractivity contribution in [2.75, 3.05) is 12.0 Å². The highest BCUT2D eigenvalue weighted by Crippen LogP contribution is 2.22. The fourth-order valence-electron chi connectivity index (χ4n) is 1.56. The molecule has 2 aromatic rings. The summed E-state index contributed by atoms with van der Waals surface area (Å²) in [5.74, 6) is 0.599. The number of nitriles is 1. The summed E-state index contributed by atoms with van der Waals surface area (Å²) >= 11 is 9.21. The second-order valence-corrected chi connectivity index (χ2v) is 5.36. The van der Waals surface area contributed by atoms with Crippen LogP contribution in [-0.4, -0.2) is 12.8 Å². The zero-order chi connectivity index (χ0) is 15.1. The van der Waals surface area contributed by atoms with Crippen molar-refractivity contribution in [3.63, 3.8) is 0 Å². The molecule has 0 saturated heterocycles. The van der Waals surface area contributed by atoms with Gasteiger partial charge < -0.3 is 4.74 Å². The van der Waals surface area contributed by atoms with Crippen LogP contribution in [0.5, 0.6) is 5.75 Å². The molecule has 0 radical (unpaired) electrons. The highest BCUT2D eigenvalue weighted by atomic mass is 79.9. The monoisotopic (exact) mass is 363 g/mol. The molecule has 0 aliphatic heterocycles. The summed E-state index contributed by atoms with van der Waals surface area (Å²) in [5, 5.41) is 13.4. The number of hydrogen-bond donors (Lipinski definition) is 1. The second-order valence-electron chi connectivity index (χ2n) is 4.01. The fraction of sp³-hybridized carbons (Fsp3) is 0.0667. The van der Waals surface area contributed by atoms with Gasteiger partial charge in [0, 0.05) is 15.1 Å². The first-order valence-electron chi connectivity index (χ1n) is 6.03. The van der Waals surface area contributed by atoms with Crippen molar-refractivity contribution in [2.24, 2.45) is 5.10 Å². The van der Waals surface area contributed by atoms with Gasteiger partial charge in [-0.05, 0) is 42.5 Å². The van der Waals surface area contributed by atoms with Crippen LogP contribution in [-0.2, 0) is 0 Å². The van der Waals surface area contributed by atoms with E-state index in [1.165, 1.54) is 0 Å². The van der Waals surface area contributed by atoms with Crippen molar-refractivity contribution in [3.05, 3.63) is 57.5 Å². The molecule has 1 N–H and O–H groups in total. The van der Waals surface area contributed by atoms with Gasteiger partial charge in [0.2, 0.25) is 0 Å². The van der Waals surface area contributed by atoms with E-state index in [9.17, 15) is 0 Å². The van der Waals surface area contributed by atoms with Crippen LogP contribution in [0.2, 0.25) is 5.02 Å². The molecule has 0 heterocycles. The van der Waals surface area contributed by atoms with E-state index in [2.05, 4.69) is 26.5 Å². The number of hydrazone groups is 1. The van der Waals surface area contributed by atoms with Crippen LogP contribution >= 0.6 is 27.5 Å². The van der Waals surface area contributed by atoms with Gasteiger partial charge in [-0.15, -0.1) is 0 Å². The molecule has 0 amide bonds. The molecule has 0 aromatic heterocycles. The predicted octanol–water partition coefficient (Wildman–Crippen LogP) is 4.45. The maximum absolute atomic E-state index is 8.58. The van der Waals surface area contributed by atoms with Gasteiger partial charge in [0.15, 0.2) is 6.61 Å². The van der Waals surface area contributed by atoms with Crippen molar-refractivity contribution in [2.45, 2.75) is 0 Å². The number of ether oxygens (including phenoxy) is 1. The molecule has 4 nitrogen and oxygen atoms in total. The van der Waals surface area contributed by atoms with E-state index < -0.39 is 0 Å². The van der Waals surface area contributed by atoms with E-state index in [1.54, 1.807) is 24.4 Å². The molecule has 0 fully saturated rings. The lowest BCUT2D eigenvalue weighted by Gasteiger charge is -2.06. The normalized spacial score (nSPS) is 10.3. The summed E-state index contributed by atoms with van der Waals surface area (Å²) in [6.07, 6.45) is 1.63. The lowest BCUT2D eigenvalue weighted by Crippen LogP contribution is -1.98. The molecule has 0 unspecified atom stereocenters. The molecule has 21 heavy (non-hydrogen) atoms. The van der Waals surface area contributed by atoms with Crippen LogP contribution < -0.4 is 10.2 Å². The molecular weight excluding hydrogens is 354 g/mol. The predicted molar refractivity (Wildman–Crippen MR) is 87.9 cm³/mol. The van der Waals surface area contributed by atoms with E-state index in [0.29, 0.717) is 10.8 Å². The number of anilines is 1. The maximum atomic E-state index is 8.58. The van der Waals surface area contributed by atoms with E-state index in [0.717, 1.165) is 15.7 Å². The zero-order valence-corrected chi connectivity index (χ0v) is 13.2.